The SMILES string of the molecule is C[CH]NC1(C)CC1. The number of hydrogen-bond acceptors (Lipinski definition) is 1. The van der Waals surface area contributed by atoms with Crippen molar-refractivity contribution < 1.29 is 0 Å². The average Bonchev–Trinajstić information content (AvgIpc) is 2.22. The van der Waals surface area contributed by atoms with Crippen molar-refractivity contribution in [1.29, 1.82) is 0 Å². The summed E-state index contributed by atoms with van der Waals surface area (Å²) in [6.07, 6.45) is 2.69. The van der Waals surface area contributed by atoms with Gasteiger partial charge in [-0.2, -0.15) is 0 Å². The smallest absolute Gasteiger partial charge is 0.0195 e. The van der Waals surface area contributed by atoms with Gasteiger partial charge in [0.2, 0.25) is 0 Å². The van der Waals surface area contributed by atoms with Crippen molar-refractivity contribution in [2.24, 2.45) is 0 Å². The molecule has 0 atom stereocenters. The van der Waals surface area contributed by atoms with Gasteiger partial charge >= 0.3 is 0 Å². The van der Waals surface area contributed by atoms with Crippen molar-refractivity contribution in [3.05, 3.63) is 6.54 Å². The van der Waals surface area contributed by atoms with E-state index in [2.05, 4.69) is 12.2 Å². The summed E-state index contributed by atoms with van der Waals surface area (Å²) in [5.74, 6) is 0. The monoisotopic (exact) mass is 98.1 g/mol. The Bertz CT molecular complexity index is 64.6. The Hall–Kier alpha value is -0.0400. The van der Waals surface area contributed by atoms with Gasteiger partial charge in [0.15, 0.2) is 0 Å². The molecule has 0 bridgehead atoms. The van der Waals surface area contributed by atoms with Crippen LogP contribution < -0.4 is 5.32 Å². The van der Waals surface area contributed by atoms with Crippen LogP contribution in [0.25, 0.3) is 0 Å². The molecule has 1 saturated carbocycles. The lowest BCUT2D eigenvalue weighted by Crippen LogP contribution is -2.23. The molecule has 1 radical (unpaired) electrons. The highest BCUT2D eigenvalue weighted by Crippen LogP contribution is 2.34. The number of hydrogen-bond donors (Lipinski definition) is 1. The topological polar surface area (TPSA) is 12.0 Å². The van der Waals surface area contributed by atoms with Crippen LogP contribution >= 0.6 is 0 Å². The Morgan fingerprint density at radius 3 is 2.29 bits per heavy atom. The molecule has 7 heavy (non-hydrogen) atoms. The Morgan fingerprint density at radius 1 is 1.57 bits per heavy atom. The number of rotatable bonds is 2. The predicted octanol–water partition coefficient (Wildman–Crippen LogP) is 1.31. The first-order valence-corrected chi connectivity index (χ1v) is 2.82. The van der Waals surface area contributed by atoms with Gasteiger partial charge in [0, 0.05) is 12.1 Å². The molecule has 41 valence electrons. The molecule has 0 aromatic carbocycles. The zero-order chi connectivity index (χ0) is 5.33. The van der Waals surface area contributed by atoms with Crippen molar-refractivity contribution in [3.8, 4) is 0 Å². The number of nitrogens with one attached hydrogen (secondary N) is 1. The van der Waals surface area contributed by atoms with Crippen molar-refractivity contribution in [2.45, 2.75) is 32.2 Å². The van der Waals surface area contributed by atoms with Crippen molar-refractivity contribution in [2.75, 3.05) is 0 Å². The lowest BCUT2D eigenvalue weighted by molar-refractivity contribution is 0.604. The van der Waals surface area contributed by atoms with Crippen LogP contribution in [0.2, 0.25) is 0 Å². The van der Waals surface area contributed by atoms with E-state index in [0.717, 1.165) is 0 Å². The molecule has 1 aliphatic carbocycles. The van der Waals surface area contributed by atoms with Gasteiger partial charge in [0.25, 0.3) is 0 Å². The maximum atomic E-state index is 3.27. The van der Waals surface area contributed by atoms with Crippen molar-refractivity contribution in [1.82, 2.24) is 5.32 Å². The van der Waals surface area contributed by atoms with Gasteiger partial charge in [0.1, 0.15) is 0 Å². The van der Waals surface area contributed by atoms with Gasteiger partial charge in [-0.25, -0.2) is 0 Å². The van der Waals surface area contributed by atoms with E-state index < -0.39 is 0 Å². The first-order valence-electron chi connectivity index (χ1n) is 2.82. The Morgan fingerprint density at radius 2 is 2.14 bits per heavy atom. The van der Waals surface area contributed by atoms with Crippen LogP contribution in [0.5, 0.6) is 0 Å². The van der Waals surface area contributed by atoms with Crippen LogP contribution in [0.4, 0.5) is 0 Å². The van der Waals surface area contributed by atoms with Gasteiger partial charge in [-0.05, 0) is 26.7 Å². The van der Waals surface area contributed by atoms with Gasteiger partial charge in [-0.3, -0.25) is 0 Å². The summed E-state index contributed by atoms with van der Waals surface area (Å²) < 4.78 is 0. The summed E-state index contributed by atoms with van der Waals surface area (Å²) >= 11 is 0. The van der Waals surface area contributed by atoms with Crippen LogP contribution in [0.15, 0.2) is 0 Å². The quantitative estimate of drug-likeness (QED) is 0.549. The maximum absolute atomic E-state index is 3.27. The van der Waals surface area contributed by atoms with Crippen molar-refractivity contribution in [3.63, 3.8) is 0 Å². The normalized spacial score (nSPS) is 24.9. The third-order valence-electron chi connectivity index (χ3n) is 1.49. The first-order chi connectivity index (χ1) is 3.27. The van der Waals surface area contributed by atoms with Crippen molar-refractivity contribution >= 4 is 0 Å². The molecule has 0 saturated heterocycles. The highest BCUT2D eigenvalue weighted by molar-refractivity contribution is 4.98. The molecule has 1 nitrogen and oxygen atoms in total. The van der Waals surface area contributed by atoms with Gasteiger partial charge in [-0.1, -0.05) is 0 Å². The van der Waals surface area contributed by atoms with Gasteiger partial charge in [-0.15, -0.1) is 0 Å². The Balaban J connectivity index is 2.13. The molecule has 0 amide bonds. The van der Waals surface area contributed by atoms with Gasteiger partial charge < -0.3 is 5.32 Å². The first kappa shape index (κ1) is 5.10. The summed E-state index contributed by atoms with van der Waals surface area (Å²) in [5, 5.41) is 3.27. The fourth-order valence-electron chi connectivity index (χ4n) is 0.680. The zero-order valence-corrected chi connectivity index (χ0v) is 4.99. The average molecular weight is 98.2 g/mol. The molecule has 0 heterocycles. The van der Waals surface area contributed by atoms with E-state index >= 15 is 0 Å². The minimum absolute atomic E-state index is 0.495. The molecular formula is C6H12N. The van der Waals surface area contributed by atoms with E-state index in [-0.39, 0.29) is 0 Å². The second-order valence-corrected chi connectivity index (χ2v) is 2.49. The van der Waals surface area contributed by atoms with Crippen LogP contribution in [0.3, 0.4) is 0 Å². The predicted molar refractivity (Wildman–Crippen MR) is 30.7 cm³/mol. The van der Waals surface area contributed by atoms with E-state index in [4.69, 9.17) is 0 Å². The second kappa shape index (κ2) is 1.48. The lowest BCUT2D eigenvalue weighted by atomic mass is 10.3. The lowest BCUT2D eigenvalue weighted by Gasteiger charge is -2.05. The fourth-order valence-corrected chi connectivity index (χ4v) is 0.680. The minimum atomic E-state index is 0.495. The Kier molecular flexibility index (Phi) is 1.08. The molecular weight excluding hydrogens is 86.1 g/mol. The van der Waals surface area contributed by atoms with E-state index in [1.54, 1.807) is 0 Å². The molecule has 1 fully saturated rings. The van der Waals surface area contributed by atoms with Crippen LogP contribution in [-0.2, 0) is 0 Å². The zero-order valence-electron chi connectivity index (χ0n) is 4.99. The van der Waals surface area contributed by atoms with E-state index in [1.807, 2.05) is 13.5 Å². The largest absolute Gasteiger partial charge is 0.308 e. The van der Waals surface area contributed by atoms with E-state index in [1.165, 1.54) is 12.8 Å². The molecule has 0 aromatic heterocycles. The highest BCUT2D eigenvalue weighted by Gasteiger charge is 2.35. The summed E-state index contributed by atoms with van der Waals surface area (Å²) in [6, 6.07) is 0. The Labute approximate surface area is 45.1 Å². The molecule has 1 rings (SSSR count). The third kappa shape index (κ3) is 1.16. The summed E-state index contributed by atoms with van der Waals surface area (Å²) in [7, 11) is 0. The molecule has 0 unspecified atom stereocenters. The minimum Gasteiger partial charge on any atom is -0.308 e. The maximum Gasteiger partial charge on any atom is 0.0195 e. The molecule has 0 aliphatic heterocycles. The fraction of sp³-hybridized carbons (Fsp3) is 0.833. The van der Waals surface area contributed by atoms with E-state index in [0.29, 0.717) is 5.54 Å². The van der Waals surface area contributed by atoms with Crippen LogP contribution in [0.1, 0.15) is 26.7 Å². The molecule has 0 spiro atoms. The molecule has 1 heteroatoms. The second-order valence-electron chi connectivity index (χ2n) is 2.49. The third-order valence-corrected chi connectivity index (χ3v) is 1.49. The molecule has 0 aromatic rings. The van der Waals surface area contributed by atoms with E-state index in [9.17, 15) is 0 Å². The van der Waals surface area contributed by atoms with Gasteiger partial charge in [0.05, 0.1) is 0 Å². The standard InChI is InChI=1S/C6H12N/c1-3-7-6(2)4-5-6/h3,7H,4-5H2,1-2H3. The summed E-state index contributed by atoms with van der Waals surface area (Å²) in [6.45, 7) is 6.30. The summed E-state index contributed by atoms with van der Waals surface area (Å²) in [5.41, 5.74) is 0.495. The molecule has 1 N–H and O–H groups in total. The highest BCUT2D eigenvalue weighted by atomic mass is 15.0. The summed E-state index contributed by atoms with van der Waals surface area (Å²) in [4.78, 5) is 0. The molecule has 1 aliphatic rings. The van der Waals surface area contributed by atoms with Crippen LogP contribution in [-0.4, -0.2) is 5.54 Å². The van der Waals surface area contributed by atoms with Crippen LogP contribution in [0, 0.1) is 6.54 Å².